The molecule has 0 spiro atoms. The van der Waals surface area contributed by atoms with Crippen molar-refractivity contribution >= 4 is 17.2 Å². The fraction of sp³-hybridized carbons (Fsp3) is 0.235. The molecule has 2 heterocycles. The molecule has 6 nitrogen and oxygen atoms in total. The number of methoxy groups -OCH3 is 1. The van der Waals surface area contributed by atoms with Crippen LogP contribution in [0.25, 0.3) is 16.9 Å². The molecule has 0 atom stereocenters. The highest BCUT2D eigenvalue weighted by atomic mass is 19.1. The molecule has 0 unspecified atom stereocenters. The number of benzene rings is 1. The number of amides is 1. The number of aromatic nitrogens is 3. The van der Waals surface area contributed by atoms with E-state index >= 15 is 0 Å². The first-order valence-electron chi connectivity index (χ1n) is 7.61. The lowest BCUT2D eigenvalue weighted by Crippen LogP contribution is -2.11. The first kappa shape index (κ1) is 15.9. The normalized spacial score (nSPS) is 10.8. The molecule has 1 N–H and O–H groups in total. The first-order chi connectivity index (χ1) is 11.6. The molecule has 3 rings (SSSR count). The maximum absolute atomic E-state index is 13.9. The third-order valence-corrected chi connectivity index (χ3v) is 3.52. The van der Waals surface area contributed by atoms with Gasteiger partial charge in [-0.05, 0) is 30.7 Å². The van der Waals surface area contributed by atoms with Crippen molar-refractivity contribution in [3.63, 3.8) is 0 Å². The number of fused-ring (bicyclic) bond motifs is 1. The van der Waals surface area contributed by atoms with E-state index in [9.17, 15) is 9.18 Å². The highest BCUT2D eigenvalue weighted by Crippen LogP contribution is 2.25. The number of imidazole rings is 1. The van der Waals surface area contributed by atoms with Crippen molar-refractivity contribution in [2.75, 3.05) is 12.4 Å². The van der Waals surface area contributed by atoms with E-state index in [0.29, 0.717) is 35.6 Å². The van der Waals surface area contributed by atoms with Gasteiger partial charge in [-0.25, -0.2) is 13.9 Å². The van der Waals surface area contributed by atoms with Gasteiger partial charge in [0.2, 0.25) is 11.8 Å². The number of hydrogen-bond acceptors (Lipinski definition) is 4. The van der Waals surface area contributed by atoms with Gasteiger partial charge < -0.3 is 10.1 Å². The van der Waals surface area contributed by atoms with Crippen LogP contribution in [-0.2, 0) is 4.79 Å². The highest BCUT2D eigenvalue weighted by Gasteiger charge is 2.11. The summed E-state index contributed by atoms with van der Waals surface area (Å²) in [6, 6.07) is 8.00. The molecule has 0 fully saturated rings. The second kappa shape index (κ2) is 6.66. The summed E-state index contributed by atoms with van der Waals surface area (Å²) in [5.74, 6) is -0.222. The molecule has 0 saturated carbocycles. The minimum atomic E-state index is -0.480. The minimum Gasteiger partial charge on any atom is -0.480 e. The highest BCUT2D eigenvalue weighted by molar-refractivity contribution is 5.91. The Balaban J connectivity index is 1.95. The van der Waals surface area contributed by atoms with Crippen LogP contribution in [0.2, 0.25) is 0 Å². The summed E-state index contributed by atoms with van der Waals surface area (Å²) in [6.07, 6.45) is 2.78. The summed E-state index contributed by atoms with van der Waals surface area (Å²) in [5, 5.41) is 6.83. The van der Waals surface area contributed by atoms with E-state index in [0.717, 1.165) is 0 Å². The van der Waals surface area contributed by atoms with Gasteiger partial charge >= 0.3 is 0 Å². The quantitative estimate of drug-likeness (QED) is 0.780. The molecule has 0 aliphatic rings. The Kier molecular flexibility index (Phi) is 4.41. The Morgan fingerprint density at radius 1 is 1.33 bits per heavy atom. The van der Waals surface area contributed by atoms with E-state index in [2.05, 4.69) is 15.4 Å². The van der Waals surface area contributed by atoms with Gasteiger partial charge in [0, 0.05) is 18.1 Å². The second-order valence-electron chi connectivity index (χ2n) is 5.30. The third kappa shape index (κ3) is 3.19. The van der Waals surface area contributed by atoms with Crippen LogP contribution in [0, 0.1) is 5.82 Å². The van der Waals surface area contributed by atoms with Crippen molar-refractivity contribution in [1.82, 2.24) is 14.6 Å². The van der Waals surface area contributed by atoms with E-state index in [1.54, 1.807) is 35.0 Å². The molecule has 0 aliphatic heterocycles. The van der Waals surface area contributed by atoms with Crippen LogP contribution in [0.5, 0.6) is 5.88 Å². The van der Waals surface area contributed by atoms with Gasteiger partial charge in [0.05, 0.1) is 24.7 Å². The van der Waals surface area contributed by atoms with Gasteiger partial charge in [0.1, 0.15) is 5.82 Å². The summed E-state index contributed by atoms with van der Waals surface area (Å²) < 4.78 is 20.6. The van der Waals surface area contributed by atoms with Gasteiger partial charge in [0.25, 0.3) is 0 Å². The lowest BCUT2D eigenvalue weighted by atomic mass is 10.1. The summed E-state index contributed by atoms with van der Waals surface area (Å²) in [6.45, 7) is 1.89. The molecule has 3 aromatic rings. The average molecular weight is 328 g/mol. The van der Waals surface area contributed by atoms with Gasteiger partial charge in [-0.2, -0.15) is 0 Å². The molecule has 0 aliphatic carbocycles. The maximum Gasteiger partial charge on any atom is 0.231 e. The van der Waals surface area contributed by atoms with E-state index in [1.807, 2.05) is 6.92 Å². The number of anilines is 1. The van der Waals surface area contributed by atoms with Gasteiger partial charge in [-0.15, -0.1) is 5.10 Å². The molecule has 7 heteroatoms. The number of halogens is 1. The number of carbonyl (C=O) groups is 1. The van der Waals surface area contributed by atoms with Crippen molar-refractivity contribution in [3.8, 4) is 17.1 Å². The Morgan fingerprint density at radius 3 is 2.92 bits per heavy atom. The van der Waals surface area contributed by atoms with Crippen LogP contribution < -0.4 is 10.1 Å². The predicted octanol–water partition coefficient (Wildman–Crippen LogP) is 3.28. The average Bonchev–Trinajstić information content (AvgIpc) is 3.00. The zero-order chi connectivity index (χ0) is 17.1. The van der Waals surface area contributed by atoms with E-state index in [4.69, 9.17) is 4.74 Å². The predicted molar refractivity (Wildman–Crippen MR) is 88.5 cm³/mol. The molecule has 1 aromatic carbocycles. The fourth-order valence-corrected chi connectivity index (χ4v) is 2.33. The van der Waals surface area contributed by atoms with Crippen LogP contribution in [0.3, 0.4) is 0 Å². The van der Waals surface area contributed by atoms with E-state index in [1.165, 1.54) is 13.2 Å². The summed E-state index contributed by atoms with van der Waals surface area (Å²) in [4.78, 5) is 16.2. The van der Waals surface area contributed by atoms with Crippen LogP contribution >= 0.6 is 0 Å². The zero-order valence-electron chi connectivity index (χ0n) is 13.4. The van der Waals surface area contributed by atoms with Crippen molar-refractivity contribution in [3.05, 3.63) is 42.3 Å². The number of rotatable bonds is 5. The Bertz CT molecular complexity index is 891. The molecular weight excluding hydrogens is 311 g/mol. The molecule has 0 radical (unpaired) electrons. The zero-order valence-corrected chi connectivity index (χ0v) is 13.4. The van der Waals surface area contributed by atoms with Crippen LogP contribution in [-0.4, -0.2) is 27.6 Å². The van der Waals surface area contributed by atoms with Crippen LogP contribution in [0.15, 0.2) is 36.5 Å². The van der Waals surface area contributed by atoms with Gasteiger partial charge in [-0.3, -0.25) is 4.79 Å². The summed E-state index contributed by atoms with van der Waals surface area (Å²) in [7, 11) is 1.54. The monoisotopic (exact) mass is 328 g/mol. The number of ether oxygens (including phenoxy) is 1. The second-order valence-corrected chi connectivity index (χ2v) is 5.30. The Labute approximate surface area is 138 Å². The number of carbonyl (C=O) groups excluding carboxylic acids is 1. The van der Waals surface area contributed by atoms with Gasteiger partial charge in [-0.1, -0.05) is 6.92 Å². The number of nitrogens with one attached hydrogen (secondary N) is 1. The largest absolute Gasteiger partial charge is 0.480 e. The van der Waals surface area contributed by atoms with Crippen molar-refractivity contribution < 1.29 is 13.9 Å². The number of hydrogen-bond donors (Lipinski definition) is 1. The van der Waals surface area contributed by atoms with Crippen LogP contribution in [0.4, 0.5) is 10.1 Å². The standard InChI is InChI=1S/C17H17FN4O2/c1-3-4-16(23)20-13-9-11(5-6-12(13)18)14-10-22-15(19-14)7-8-17(21-22)24-2/h5-10H,3-4H2,1-2H3,(H,20,23). The molecule has 1 amide bonds. The fourth-order valence-electron chi connectivity index (χ4n) is 2.33. The Hall–Kier alpha value is -2.96. The van der Waals surface area contributed by atoms with Crippen LogP contribution in [0.1, 0.15) is 19.8 Å². The smallest absolute Gasteiger partial charge is 0.231 e. The third-order valence-electron chi connectivity index (χ3n) is 3.52. The number of nitrogens with zero attached hydrogens (tertiary/aromatic N) is 3. The lowest BCUT2D eigenvalue weighted by Gasteiger charge is -2.07. The van der Waals surface area contributed by atoms with Crippen molar-refractivity contribution in [2.24, 2.45) is 0 Å². The first-order valence-corrected chi connectivity index (χ1v) is 7.61. The molecule has 0 bridgehead atoms. The minimum absolute atomic E-state index is 0.147. The SMILES string of the molecule is CCCC(=O)Nc1cc(-c2cn3nc(OC)ccc3n2)ccc1F. The van der Waals surface area contributed by atoms with E-state index in [-0.39, 0.29) is 11.6 Å². The van der Waals surface area contributed by atoms with Gasteiger partial charge in [0.15, 0.2) is 5.65 Å². The van der Waals surface area contributed by atoms with Crippen molar-refractivity contribution in [2.45, 2.75) is 19.8 Å². The summed E-state index contributed by atoms with van der Waals surface area (Å²) in [5.41, 5.74) is 2.11. The lowest BCUT2D eigenvalue weighted by molar-refractivity contribution is -0.116. The molecule has 124 valence electrons. The molecule has 2 aromatic heterocycles. The molecule has 24 heavy (non-hydrogen) atoms. The topological polar surface area (TPSA) is 68.5 Å². The van der Waals surface area contributed by atoms with E-state index < -0.39 is 5.82 Å². The summed E-state index contributed by atoms with van der Waals surface area (Å²) >= 11 is 0. The molecule has 0 saturated heterocycles. The van der Waals surface area contributed by atoms with Crippen molar-refractivity contribution in [1.29, 1.82) is 0 Å². The Morgan fingerprint density at radius 2 is 2.17 bits per heavy atom. The molecular formula is C17H17FN4O2. The maximum atomic E-state index is 13.9.